The van der Waals surface area contributed by atoms with Gasteiger partial charge in [0.1, 0.15) is 12.8 Å². The molecule has 206 valence electrons. The number of rotatable bonds is 7. The predicted molar refractivity (Wildman–Crippen MR) is 125 cm³/mol. The van der Waals surface area contributed by atoms with Crippen LogP contribution in [-0.4, -0.2) is 65.5 Å². The van der Waals surface area contributed by atoms with Crippen molar-refractivity contribution in [2.45, 2.75) is 113 Å². The Morgan fingerprint density at radius 1 is 1.03 bits per heavy atom. The number of hydrogen-bond donors (Lipinski definition) is 3. The monoisotopic (exact) mass is 540 g/mol. The fraction of sp³-hybridized carbons (Fsp3) is 0.920. The van der Waals surface area contributed by atoms with Crippen LogP contribution in [0.4, 0.5) is 17.6 Å². The van der Waals surface area contributed by atoms with Crippen LogP contribution in [0.15, 0.2) is 0 Å². The second-order valence-corrected chi connectivity index (χ2v) is 12.0. The molecule has 0 spiro atoms. The molecule has 3 N–H and O–H groups in total. The van der Waals surface area contributed by atoms with Crippen LogP contribution >= 0.6 is 11.6 Å². The molecule has 5 aliphatic carbocycles. The topological polar surface area (TPSA) is 87.7 Å². The summed E-state index contributed by atoms with van der Waals surface area (Å²) in [6, 6.07) is 0. The predicted octanol–water partition coefficient (Wildman–Crippen LogP) is 4.17. The minimum Gasteiger partial charge on any atom is -0.392 e. The van der Waals surface area contributed by atoms with E-state index in [0.717, 1.165) is 0 Å². The lowest BCUT2D eigenvalue weighted by Crippen LogP contribution is -2.65. The first-order valence-electron chi connectivity index (χ1n) is 13.2. The Hall–Kier alpha value is -1.13. The molecule has 2 amide bonds. The van der Waals surface area contributed by atoms with Crippen LogP contribution < -0.4 is 10.6 Å². The van der Waals surface area contributed by atoms with Gasteiger partial charge in [0.25, 0.3) is 0 Å². The number of nitrogens with one attached hydrogen (secondary N) is 2. The molecule has 11 heteroatoms. The van der Waals surface area contributed by atoms with Gasteiger partial charge in [-0.25, -0.2) is 4.39 Å². The molecule has 0 heterocycles. The molecule has 0 aliphatic heterocycles. The van der Waals surface area contributed by atoms with Crippen molar-refractivity contribution in [2.24, 2.45) is 17.3 Å². The number of aliphatic hydroxyl groups is 1. The van der Waals surface area contributed by atoms with E-state index in [-0.39, 0.29) is 56.1 Å². The van der Waals surface area contributed by atoms with Crippen molar-refractivity contribution in [1.82, 2.24) is 10.6 Å². The number of alkyl halides is 5. The summed E-state index contributed by atoms with van der Waals surface area (Å²) < 4.78 is 58.1. The Morgan fingerprint density at radius 2 is 1.69 bits per heavy atom. The van der Waals surface area contributed by atoms with Crippen LogP contribution in [0, 0.1) is 17.3 Å². The van der Waals surface area contributed by atoms with Gasteiger partial charge in [0, 0.05) is 18.5 Å². The smallest absolute Gasteiger partial charge is 0.391 e. The van der Waals surface area contributed by atoms with Gasteiger partial charge in [-0.05, 0) is 76.5 Å². The minimum absolute atomic E-state index is 0.0128. The van der Waals surface area contributed by atoms with Gasteiger partial charge in [0.05, 0.1) is 28.9 Å². The van der Waals surface area contributed by atoms with Crippen molar-refractivity contribution in [3.05, 3.63) is 0 Å². The third-order valence-electron chi connectivity index (χ3n) is 9.13. The summed E-state index contributed by atoms with van der Waals surface area (Å²) in [7, 11) is 0. The highest BCUT2D eigenvalue weighted by atomic mass is 35.5. The number of ether oxygens (including phenoxy) is 1. The Morgan fingerprint density at radius 3 is 2.28 bits per heavy atom. The van der Waals surface area contributed by atoms with E-state index in [4.69, 9.17) is 16.3 Å². The van der Waals surface area contributed by atoms with E-state index >= 15 is 0 Å². The molecule has 4 atom stereocenters. The van der Waals surface area contributed by atoms with E-state index in [1.807, 2.05) is 0 Å². The Balaban J connectivity index is 1.22. The van der Waals surface area contributed by atoms with Crippen LogP contribution in [0.1, 0.15) is 77.0 Å². The van der Waals surface area contributed by atoms with Crippen molar-refractivity contribution in [2.75, 3.05) is 13.2 Å². The van der Waals surface area contributed by atoms with Crippen LogP contribution in [0.5, 0.6) is 0 Å². The Bertz CT molecular complexity index is 797. The van der Waals surface area contributed by atoms with Crippen molar-refractivity contribution >= 4 is 23.4 Å². The van der Waals surface area contributed by atoms with E-state index in [9.17, 15) is 32.3 Å². The lowest BCUT2D eigenvalue weighted by atomic mass is 9.55. The summed E-state index contributed by atoms with van der Waals surface area (Å²) in [5, 5.41) is 16.3. The molecule has 0 radical (unpaired) electrons. The van der Waals surface area contributed by atoms with Crippen molar-refractivity contribution < 1.29 is 37.0 Å². The Labute approximate surface area is 214 Å². The van der Waals surface area contributed by atoms with E-state index in [1.54, 1.807) is 0 Å². The lowest BCUT2D eigenvalue weighted by molar-refractivity contribution is -0.184. The van der Waals surface area contributed by atoms with Crippen LogP contribution in [-0.2, 0) is 14.3 Å². The fourth-order valence-corrected chi connectivity index (χ4v) is 6.89. The van der Waals surface area contributed by atoms with Crippen LogP contribution in [0.25, 0.3) is 0 Å². The van der Waals surface area contributed by atoms with Gasteiger partial charge < -0.3 is 20.5 Å². The highest BCUT2D eigenvalue weighted by Crippen LogP contribution is 2.52. The molecule has 2 bridgehead atoms. The van der Waals surface area contributed by atoms with Crippen molar-refractivity contribution in [3.63, 3.8) is 0 Å². The SMILES string of the molecule is O=C(COC1CCC(Cl)C(F)C1)NC12CCC(C(=O)NCC3CCC(C(F)(F)F)CC3)(CC1)C(O)C2. The zero-order valence-electron chi connectivity index (χ0n) is 20.4. The van der Waals surface area contributed by atoms with E-state index in [0.29, 0.717) is 57.9 Å². The summed E-state index contributed by atoms with van der Waals surface area (Å²) in [4.78, 5) is 25.7. The fourth-order valence-electron chi connectivity index (χ4n) is 6.66. The number of carbonyl (C=O) groups excluding carboxylic acids is 2. The highest BCUT2D eigenvalue weighted by Gasteiger charge is 2.58. The molecule has 6 nitrogen and oxygen atoms in total. The zero-order chi connectivity index (χ0) is 26.1. The molecule has 5 fully saturated rings. The van der Waals surface area contributed by atoms with Gasteiger partial charge in [0.2, 0.25) is 11.8 Å². The van der Waals surface area contributed by atoms with E-state index < -0.39 is 40.7 Å². The number of fused-ring (bicyclic) bond motifs is 3. The Kier molecular flexibility index (Phi) is 8.47. The summed E-state index contributed by atoms with van der Waals surface area (Å²) in [5.41, 5.74) is -1.53. The van der Waals surface area contributed by atoms with Gasteiger partial charge in [-0.15, -0.1) is 11.6 Å². The van der Waals surface area contributed by atoms with Gasteiger partial charge in [-0.3, -0.25) is 9.59 Å². The first kappa shape index (κ1) is 27.9. The van der Waals surface area contributed by atoms with Gasteiger partial charge >= 0.3 is 6.18 Å². The molecular formula is C25H37ClF4N2O4. The maximum atomic E-state index is 13.8. The van der Waals surface area contributed by atoms with Crippen LogP contribution in [0.2, 0.25) is 0 Å². The van der Waals surface area contributed by atoms with E-state index in [2.05, 4.69) is 10.6 Å². The minimum atomic E-state index is -4.16. The molecule has 0 saturated heterocycles. The summed E-state index contributed by atoms with van der Waals surface area (Å²) in [6.45, 7) is 0.132. The van der Waals surface area contributed by atoms with Gasteiger partial charge in [-0.1, -0.05) is 0 Å². The first-order chi connectivity index (χ1) is 16.9. The third-order valence-corrected chi connectivity index (χ3v) is 9.63. The number of hydrogen-bond acceptors (Lipinski definition) is 4. The summed E-state index contributed by atoms with van der Waals surface area (Å²) in [5.74, 6) is -1.80. The zero-order valence-corrected chi connectivity index (χ0v) is 21.2. The van der Waals surface area contributed by atoms with Crippen molar-refractivity contribution in [1.29, 1.82) is 0 Å². The second-order valence-electron chi connectivity index (χ2n) is 11.5. The summed E-state index contributed by atoms with van der Waals surface area (Å²) >= 11 is 5.89. The van der Waals surface area contributed by atoms with Gasteiger partial charge in [0.15, 0.2) is 0 Å². The molecule has 0 aromatic heterocycles. The summed E-state index contributed by atoms with van der Waals surface area (Å²) in [6.07, 6.45) is -2.06. The maximum Gasteiger partial charge on any atom is 0.391 e. The quantitative estimate of drug-likeness (QED) is 0.334. The average Bonchev–Trinajstić information content (AvgIpc) is 2.83. The van der Waals surface area contributed by atoms with E-state index in [1.165, 1.54) is 0 Å². The molecular weight excluding hydrogens is 504 g/mol. The molecule has 36 heavy (non-hydrogen) atoms. The number of aliphatic hydroxyl groups excluding tert-OH is 1. The third kappa shape index (κ3) is 6.12. The second kappa shape index (κ2) is 10.9. The van der Waals surface area contributed by atoms with Gasteiger partial charge in [-0.2, -0.15) is 13.2 Å². The normalized spacial score (nSPS) is 41.1. The maximum absolute atomic E-state index is 13.8. The first-order valence-corrected chi connectivity index (χ1v) is 13.6. The number of carbonyl (C=O) groups is 2. The lowest BCUT2D eigenvalue weighted by Gasteiger charge is -2.55. The molecule has 5 rings (SSSR count). The molecule has 4 unspecified atom stereocenters. The van der Waals surface area contributed by atoms with Crippen LogP contribution in [0.3, 0.4) is 0 Å². The standard InChI is InChI=1S/C25H37ClF4N2O4/c26-18-6-5-17(11-19(18)27)36-14-21(34)32-23-7-9-24(10-8-23,20(33)12-23)22(35)31-13-15-1-3-16(4-2-15)25(28,29)30/h15-20,33H,1-14H2,(H,31,35)(H,32,34). The molecule has 0 aromatic carbocycles. The number of amides is 2. The van der Waals surface area contributed by atoms with Crippen molar-refractivity contribution in [3.8, 4) is 0 Å². The molecule has 5 saturated carbocycles. The molecule has 5 aliphatic rings. The molecule has 0 aromatic rings. The number of halogens is 5. The largest absolute Gasteiger partial charge is 0.392 e. The highest BCUT2D eigenvalue weighted by molar-refractivity contribution is 6.21. The average molecular weight is 541 g/mol.